The summed E-state index contributed by atoms with van der Waals surface area (Å²) in [7, 11) is -2.33. The summed E-state index contributed by atoms with van der Waals surface area (Å²) in [5, 5.41) is 0. The van der Waals surface area contributed by atoms with Crippen LogP contribution in [-0.2, 0) is 22.9 Å². The highest BCUT2D eigenvalue weighted by Gasteiger charge is 2.19. The SMILES string of the molecule is COc1ccc(S(=O)(=O)NNC(=O)c2cc3c(s2)CCCCCC3)cc1. The minimum atomic E-state index is -3.83. The number of thiophene rings is 1. The van der Waals surface area contributed by atoms with Crippen molar-refractivity contribution in [3.05, 3.63) is 45.6 Å². The molecule has 0 aliphatic heterocycles. The summed E-state index contributed by atoms with van der Waals surface area (Å²) in [5.41, 5.74) is 3.53. The van der Waals surface area contributed by atoms with Crippen molar-refractivity contribution < 1.29 is 17.9 Å². The van der Waals surface area contributed by atoms with E-state index in [0.717, 1.165) is 25.7 Å². The van der Waals surface area contributed by atoms with E-state index >= 15 is 0 Å². The van der Waals surface area contributed by atoms with Crippen LogP contribution in [0.2, 0.25) is 0 Å². The topological polar surface area (TPSA) is 84.5 Å². The average Bonchev–Trinajstić information content (AvgIpc) is 3.02. The van der Waals surface area contributed by atoms with Gasteiger partial charge in [0, 0.05) is 4.88 Å². The van der Waals surface area contributed by atoms with E-state index in [2.05, 4.69) is 10.3 Å². The highest BCUT2D eigenvalue weighted by atomic mass is 32.2. The summed E-state index contributed by atoms with van der Waals surface area (Å²) in [5.74, 6) is 0.128. The molecule has 1 aliphatic rings. The maximum absolute atomic E-state index is 12.4. The van der Waals surface area contributed by atoms with Crippen LogP contribution in [0.3, 0.4) is 0 Å². The number of ether oxygens (including phenoxy) is 1. The number of carbonyl (C=O) groups excluding carboxylic acids is 1. The molecule has 2 N–H and O–H groups in total. The van der Waals surface area contributed by atoms with E-state index in [1.165, 1.54) is 53.9 Å². The van der Waals surface area contributed by atoms with Crippen LogP contribution >= 0.6 is 11.3 Å². The molecule has 0 saturated heterocycles. The standard InChI is InChI=1S/C18H22N2O4S2/c1-24-14-8-10-15(11-9-14)26(22,23)20-19-18(21)17-12-13-6-4-2-3-5-7-16(13)25-17/h8-12,20H,2-7H2,1H3,(H,19,21). The molecule has 26 heavy (non-hydrogen) atoms. The summed E-state index contributed by atoms with van der Waals surface area (Å²) in [6.45, 7) is 0. The summed E-state index contributed by atoms with van der Waals surface area (Å²) in [6, 6.07) is 7.84. The van der Waals surface area contributed by atoms with Gasteiger partial charge in [0.2, 0.25) is 0 Å². The highest BCUT2D eigenvalue weighted by molar-refractivity contribution is 7.89. The highest BCUT2D eigenvalue weighted by Crippen LogP contribution is 2.28. The van der Waals surface area contributed by atoms with Crippen LogP contribution in [0.25, 0.3) is 0 Å². The fourth-order valence-electron chi connectivity index (χ4n) is 2.95. The van der Waals surface area contributed by atoms with Gasteiger partial charge in [0.15, 0.2) is 0 Å². The quantitative estimate of drug-likeness (QED) is 0.764. The maximum atomic E-state index is 12.4. The van der Waals surface area contributed by atoms with Gasteiger partial charge in [-0.3, -0.25) is 10.2 Å². The summed E-state index contributed by atoms with van der Waals surface area (Å²) in [4.78, 5) is 16.4. The van der Waals surface area contributed by atoms with Crippen molar-refractivity contribution in [2.75, 3.05) is 7.11 Å². The first kappa shape index (κ1) is 18.9. The molecule has 140 valence electrons. The number of fused-ring (bicyclic) bond motifs is 1. The molecule has 2 aromatic rings. The van der Waals surface area contributed by atoms with E-state index in [1.807, 2.05) is 6.07 Å². The van der Waals surface area contributed by atoms with Gasteiger partial charge >= 0.3 is 0 Å². The monoisotopic (exact) mass is 394 g/mol. The van der Waals surface area contributed by atoms with Crippen LogP contribution in [0.1, 0.15) is 45.8 Å². The van der Waals surface area contributed by atoms with E-state index < -0.39 is 15.9 Å². The van der Waals surface area contributed by atoms with Crippen LogP contribution in [0.4, 0.5) is 0 Å². The van der Waals surface area contributed by atoms with Crippen molar-refractivity contribution in [2.24, 2.45) is 0 Å². The van der Waals surface area contributed by atoms with E-state index in [0.29, 0.717) is 10.6 Å². The number of hydrogen-bond donors (Lipinski definition) is 2. The van der Waals surface area contributed by atoms with E-state index in [9.17, 15) is 13.2 Å². The molecule has 0 bridgehead atoms. The number of hydrogen-bond acceptors (Lipinski definition) is 5. The van der Waals surface area contributed by atoms with Crippen LogP contribution in [0.5, 0.6) is 5.75 Å². The third kappa shape index (κ3) is 4.44. The third-order valence-electron chi connectivity index (χ3n) is 4.39. The molecule has 1 aliphatic carbocycles. The van der Waals surface area contributed by atoms with Gasteiger partial charge in [0.1, 0.15) is 5.75 Å². The second kappa shape index (κ2) is 8.20. The number of nitrogens with one attached hydrogen (secondary N) is 2. The smallest absolute Gasteiger partial charge is 0.276 e. The Morgan fingerprint density at radius 1 is 1.08 bits per heavy atom. The van der Waals surface area contributed by atoms with Crippen molar-refractivity contribution in [3.63, 3.8) is 0 Å². The number of amides is 1. The number of rotatable bonds is 5. The largest absolute Gasteiger partial charge is 0.497 e. The van der Waals surface area contributed by atoms with E-state index in [1.54, 1.807) is 12.1 Å². The summed E-state index contributed by atoms with van der Waals surface area (Å²) < 4.78 is 29.6. The molecule has 0 unspecified atom stereocenters. The molecule has 0 fully saturated rings. The van der Waals surface area contributed by atoms with Crippen LogP contribution < -0.4 is 15.0 Å². The first-order valence-corrected chi connectivity index (χ1v) is 10.9. The lowest BCUT2D eigenvalue weighted by atomic mass is 10.00. The van der Waals surface area contributed by atoms with Gasteiger partial charge in [-0.1, -0.05) is 12.8 Å². The predicted molar refractivity (Wildman–Crippen MR) is 101 cm³/mol. The summed E-state index contributed by atoms with van der Waals surface area (Å²) in [6.07, 6.45) is 6.69. The Morgan fingerprint density at radius 2 is 1.77 bits per heavy atom. The van der Waals surface area contributed by atoms with Crippen molar-refractivity contribution >= 4 is 27.3 Å². The van der Waals surface area contributed by atoms with Crippen LogP contribution in [0.15, 0.2) is 35.2 Å². The van der Waals surface area contributed by atoms with Gasteiger partial charge in [-0.05, 0) is 61.6 Å². The Labute approximate surface area is 157 Å². The van der Waals surface area contributed by atoms with Crippen molar-refractivity contribution in [2.45, 2.75) is 43.4 Å². The lowest BCUT2D eigenvalue weighted by Crippen LogP contribution is -2.41. The molecule has 1 aromatic carbocycles. The number of sulfonamides is 1. The number of carbonyl (C=O) groups is 1. The van der Waals surface area contributed by atoms with Gasteiger partial charge in [0.05, 0.1) is 16.9 Å². The number of methoxy groups -OCH3 is 1. The first-order valence-electron chi connectivity index (χ1n) is 8.57. The Bertz CT molecular complexity index is 848. The molecule has 0 atom stereocenters. The maximum Gasteiger partial charge on any atom is 0.276 e. The molecule has 0 radical (unpaired) electrons. The minimum absolute atomic E-state index is 0.0528. The van der Waals surface area contributed by atoms with Crippen molar-refractivity contribution in [1.82, 2.24) is 10.3 Å². The zero-order chi connectivity index (χ0) is 18.6. The molecule has 0 saturated carbocycles. The minimum Gasteiger partial charge on any atom is -0.497 e. The Balaban J connectivity index is 1.67. The molecule has 1 amide bonds. The molecule has 1 aromatic heterocycles. The van der Waals surface area contributed by atoms with Gasteiger partial charge in [-0.15, -0.1) is 16.2 Å². The number of benzene rings is 1. The first-order chi connectivity index (χ1) is 12.5. The molecular weight excluding hydrogens is 372 g/mol. The lowest BCUT2D eigenvalue weighted by Gasteiger charge is -2.08. The second-order valence-corrected chi connectivity index (χ2v) is 9.03. The zero-order valence-corrected chi connectivity index (χ0v) is 16.2. The Hall–Kier alpha value is -1.90. The summed E-state index contributed by atoms with van der Waals surface area (Å²) >= 11 is 1.45. The lowest BCUT2D eigenvalue weighted by molar-refractivity contribution is 0.0949. The number of aryl methyl sites for hydroxylation is 2. The van der Waals surface area contributed by atoms with Gasteiger partial charge in [0.25, 0.3) is 15.9 Å². The second-order valence-electron chi connectivity index (χ2n) is 6.21. The molecule has 6 nitrogen and oxygen atoms in total. The van der Waals surface area contributed by atoms with E-state index in [-0.39, 0.29) is 4.90 Å². The van der Waals surface area contributed by atoms with Crippen LogP contribution in [-0.4, -0.2) is 21.4 Å². The third-order valence-corrected chi connectivity index (χ3v) is 6.89. The van der Waals surface area contributed by atoms with E-state index in [4.69, 9.17) is 4.74 Å². The fourth-order valence-corrected chi connectivity index (χ4v) is 4.93. The van der Waals surface area contributed by atoms with Crippen molar-refractivity contribution in [3.8, 4) is 5.75 Å². The zero-order valence-electron chi connectivity index (χ0n) is 14.6. The molecular formula is C18H22N2O4S2. The molecule has 1 heterocycles. The molecule has 8 heteroatoms. The Morgan fingerprint density at radius 3 is 2.46 bits per heavy atom. The average molecular weight is 395 g/mol. The van der Waals surface area contributed by atoms with Crippen LogP contribution in [0, 0.1) is 0 Å². The fraction of sp³-hybridized carbons (Fsp3) is 0.389. The molecule has 0 spiro atoms. The van der Waals surface area contributed by atoms with Gasteiger partial charge in [-0.25, -0.2) is 8.42 Å². The van der Waals surface area contributed by atoms with Crippen molar-refractivity contribution in [1.29, 1.82) is 0 Å². The Kier molecular flexibility index (Phi) is 5.95. The predicted octanol–water partition coefficient (Wildman–Crippen LogP) is 3.04. The van der Waals surface area contributed by atoms with Gasteiger partial charge in [-0.2, -0.15) is 0 Å². The molecule has 3 rings (SSSR count). The number of hydrazine groups is 1. The normalized spacial score (nSPS) is 14.8. The van der Waals surface area contributed by atoms with Gasteiger partial charge < -0.3 is 4.74 Å².